The molecule has 1 N–H and O–H groups in total. The number of urea groups is 1. The summed E-state index contributed by atoms with van der Waals surface area (Å²) in [6.45, 7) is 5.60. The largest absolute Gasteiger partial charge is 0.325 e. The summed E-state index contributed by atoms with van der Waals surface area (Å²) in [5.74, 6) is 0.549. The van der Waals surface area contributed by atoms with Crippen molar-refractivity contribution in [3.63, 3.8) is 0 Å². The standard InChI is InChI=1S/C14H20N4O2/c1-3-18(11(2)19)13-7-6-12(10-15-13)16-14(20)17-8-4-5-9-17/h6-7,10H,3-5,8-9H2,1-2H3,(H,16,20). The Kier molecular flexibility index (Phi) is 4.55. The maximum atomic E-state index is 11.9. The van der Waals surface area contributed by atoms with Crippen LogP contribution in [-0.2, 0) is 4.79 Å². The number of carbonyl (C=O) groups excluding carboxylic acids is 2. The molecule has 20 heavy (non-hydrogen) atoms. The van der Waals surface area contributed by atoms with E-state index in [0.717, 1.165) is 25.9 Å². The van der Waals surface area contributed by atoms with Gasteiger partial charge >= 0.3 is 6.03 Å². The number of hydrogen-bond acceptors (Lipinski definition) is 3. The molecule has 0 aliphatic carbocycles. The first-order valence-electron chi connectivity index (χ1n) is 6.92. The number of aromatic nitrogens is 1. The molecule has 0 saturated carbocycles. The van der Waals surface area contributed by atoms with Gasteiger partial charge in [-0.2, -0.15) is 0 Å². The van der Waals surface area contributed by atoms with Crippen LogP contribution in [0.3, 0.4) is 0 Å². The van der Waals surface area contributed by atoms with E-state index in [2.05, 4.69) is 10.3 Å². The normalized spacial score (nSPS) is 14.2. The molecule has 1 aromatic heterocycles. The maximum Gasteiger partial charge on any atom is 0.321 e. The molecule has 0 unspecified atom stereocenters. The molecule has 0 aromatic carbocycles. The van der Waals surface area contributed by atoms with E-state index in [-0.39, 0.29) is 11.9 Å². The summed E-state index contributed by atoms with van der Waals surface area (Å²) < 4.78 is 0. The summed E-state index contributed by atoms with van der Waals surface area (Å²) in [7, 11) is 0. The minimum Gasteiger partial charge on any atom is -0.325 e. The average molecular weight is 276 g/mol. The lowest BCUT2D eigenvalue weighted by atomic mass is 10.3. The molecule has 1 saturated heterocycles. The van der Waals surface area contributed by atoms with E-state index in [1.54, 1.807) is 28.1 Å². The van der Waals surface area contributed by atoms with E-state index in [4.69, 9.17) is 0 Å². The summed E-state index contributed by atoms with van der Waals surface area (Å²) in [4.78, 5) is 30.9. The minimum atomic E-state index is -0.0871. The Morgan fingerprint density at radius 2 is 2.05 bits per heavy atom. The van der Waals surface area contributed by atoms with Crippen molar-refractivity contribution in [3.8, 4) is 0 Å². The molecule has 1 aliphatic heterocycles. The lowest BCUT2D eigenvalue weighted by Crippen LogP contribution is -2.32. The molecule has 0 atom stereocenters. The first kappa shape index (κ1) is 14.3. The molecule has 0 spiro atoms. The van der Waals surface area contributed by atoms with Crippen molar-refractivity contribution < 1.29 is 9.59 Å². The summed E-state index contributed by atoms with van der Waals surface area (Å²) in [6, 6.07) is 3.42. The molecule has 2 heterocycles. The van der Waals surface area contributed by atoms with Crippen molar-refractivity contribution in [1.29, 1.82) is 0 Å². The molecule has 0 radical (unpaired) electrons. The number of anilines is 2. The SMILES string of the molecule is CCN(C(C)=O)c1ccc(NC(=O)N2CCCC2)cn1. The van der Waals surface area contributed by atoms with Crippen molar-refractivity contribution >= 4 is 23.4 Å². The van der Waals surface area contributed by atoms with Crippen molar-refractivity contribution in [3.05, 3.63) is 18.3 Å². The van der Waals surface area contributed by atoms with Gasteiger partial charge in [0, 0.05) is 26.6 Å². The smallest absolute Gasteiger partial charge is 0.321 e. The zero-order valence-corrected chi connectivity index (χ0v) is 11.9. The van der Waals surface area contributed by atoms with Crippen LogP contribution in [0.15, 0.2) is 18.3 Å². The zero-order chi connectivity index (χ0) is 14.5. The molecule has 0 bridgehead atoms. The minimum absolute atomic E-state index is 0.0474. The van der Waals surface area contributed by atoms with Gasteiger partial charge in [-0.15, -0.1) is 0 Å². The molecule has 1 aromatic rings. The molecular weight excluding hydrogens is 256 g/mol. The van der Waals surface area contributed by atoms with Crippen molar-refractivity contribution in [2.75, 3.05) is 29.9 Å². The number of rotatable bonds is 3. The van der Waals surface area contributed by atoms with Crippen LogP contribution in [0.4, 0.5) is 16.3 Å². The van der Waals surface area contributed by atoms with Crippen LogP contribution < -0.4 is 10.2 Å². The Morgan fingerprint density at radius 3 is 2.55 bits per heavy atom. The van der Waals surface area contributed by atoms with Crippen LogP contribution in [0, 0.1) is 0 Å². The average Bonchev–Trinajstić information content (AvgIpc) is 2.95. The second-order valence-corrected chi connectivity index (χ2v) is 4.79. The van der Waals surface area contributed by atoms with Crippen LogP contribution >= 0.6 is 0 Å². The fraction of sp³-hybridized carbons (Fsp3) is 0.500. The summed E-state index contributed by atoms with van der Waals surface area (Å²) in [6.07, 6.45) is 3.71. The predicted molar refractivity (Wildman–Crippen MR) is 77.8 cm³/mol. The zero-order valence-electron chi connectivity index (χ0n) is 11.9. The van der Waals surface area contributed by atoms with Gasteiger partial charge in [0.1, 0.15) is 5.82 Å². The Morgan fingerprint density at radius 1 is 1.35 bits per heavy atom. The van der Waals surface area contributed by atoms with Crippen LogP contribution in [0.2, 0.25) is 0 Å². The summed E-state index contributed by atoms with van der Waals surface area (Å²) in [5.41, 5.74) is 0.644. The fourth-order valence-corrected chi connectivity index (χ4v) is 2.29. The van der Waals surface area contributed by atoms with E-state index < -0.39 is 0 Å². The Bertz CT molecular complexity index is 480. The number of nitrogens with zero attached hydrogens (tertiary/aromatic N) is 3. The number of amides is 3. The van der Waals surface area contributed by atoms with Gasteiger partial charge in [-0.05, 0) is 31.9 Å². The second-order valence-electron chi connectivity index (χ2n) is 4.79. The Hall–Kier alpha value is -2.11. The Labute approximate surface area is 118 Å². The molecule has 2 rings (SSSR count). The maximum absolute atomic E-state index is 11.9. The number of nitrogens with one attached hydrogen (secondary N) is 1. The van der Waals surface area contributed by atoms with E-state index in [0.29, 0.717) is 18.1 Å². The van der Waals surface area contributed by atoms with Gasteiger partial charge in [-0.3, -0.25) is 9.69 Å². The highest BCUT2D eigenvalue weighted by Crippen LogP contribution is 2.16. The van der Waals surface area contributed by atoms with Crippen molar-refractivity contribution in [1.82, 2.24) is 9.88 Å². The van der Waals surface area contributed by atoms with Gasteiger partial charge < -0.3 is 10.2 Å². The molecule has 3 amide bonds. The summed E-state index contributed by atoms with van der Waals surface area (Å²) >= 11 is 0. The fourth-order valence-electron chi connectivity index (χ4n) is 2.29. The monoisotopic (exact) mass is 276 g/mol. The van der Waals surface area contributed by atoms with Crippen molar-refractivity contribution in [2.45, 2.75) is 26.7 Å². The third-order valence-corrected chi connectivity index (χ3v) is 3.37. The van der Waals surface area contributed by atoms with E-state index in [9.17, 15) is 9.59 Å². The van der Waals surface area contributed by atoms with Gasteiger partial charge in [0.15, 0.2) is 0 Å². The van der Waals surface area contributed by atoms with Gasteiger partial charge in [-0.1, -0.05) is 0 Å². The first-order valence-corrected chi connectivity index (χ1v) is 6.92. The van der Waals surface area contributed by atoms with Gasteiger partial charge in [-0.25, -0.2) is 9.78 Å². The third-order valence-electron chi connectivity index (χ3n) is 3.37. The number of pyridine rings is 1. The van der Waals surface area contributed by atoms with Crippen LogP contribution in [0.5, 0.6) is 0 Å². The molecule has 6 heteroatoms. The van der Waals surface area contributed by atoms with Gasteiger partial charge in [0.2, 0.25) is 5.91 Å². The van der Waals surface area contributed by atoms with Gasteiger partial charge in [0.05, 0.1) is 11.9 Å². The number of hydrogen-bond donors (Lipinski definition) is 1. The lowest BCUT2D eigenvalue weighted by Gasteiger charge is -2.19. The molecule has 6 nitrogen and oxygen atoms in total. The Balaban J connectivity index is 2.00. The summed E-state index contributed by atoms with van der Waals surface area (Å²) in [5, 5.41) is 2.82. The topological polar surface area (TPSA) is 65.5 Å². The highest BCUT2D eigenvalue weighted by molar-refractivity contribution is 5.91. The highest BCUT2D eigenvalue weighted by atomic mass is 16.2. The van der Waals surface area contributed by atoms with Gasteiger partial charge in [0.25, 0.3) is 0 Å². The molecule has 108 valence electrons. The first-order chi connectivity index (χ1) is 9.61. The van der Waals surface area contributed by atoms with E-state index >= 15 is 0 Å². The van der Waals surface area contributed by atoms with E-state index in [1.165, 1.54) is 6.92 Å². The molecular formula is C14H20N4O2. The van der Waals surface area contributed by atoms with Crippen LogP contribution in [-0.4, -0.2) is 41.5 Å². The molecule has 1 aliphatic rings. The van der Waals surface area contributed by atoms with E-state index in [1.807, 2.05) is 6.92 Å². The lowest BCUT2D eigenvalue weighted by molar-refractivity contribution is -0.116. The number of likely N-dealkylation sites (tertiary alicyclic amines) is 1. The second kappa shape index (κ2) is 6.36. The van der Waals surface area contributed by atoms with Crippen LogP contribution in [0.1, 0.15) is 26.7 Å². The third kappa shape index (κ3) is 3.26. The molecule has 1 fully saturated rings. The highest BCUT2D eigenvalue weighted by Gasteiger charge is 2.18. The van der Waals surface area contributed by atoms with Crippen molar-refractivity contribution in [2.24, 2.45) is 0 Å². The predicted octanol–water partition coefficient (Wildman–Crippen LogP) is 2.08. The quantitative estimate of drug-likeness (QED) is 0.919. The van der Waals surface area contributed by atoms with Crippen LogP contribution in [0.25, 0.3) is 0 Å². The number of carbonyl (C=O) groups is 2.